The number of ether oxygens (including phenoxy) is 1. The van der Waals surface area contributed by atoms with Crippen LogP contribution in [-0.2, 0) is 18.0 Å². The standard InChI is InChI=1S/C15H13NO5/c17-15(18)14-12(7-4-8-13(14)16(19)20)10-21-9-11-5-2-1-3-6-11/h1-8H,9-10H2,(H,17,18). The third-order valence-electron chi connectivity index (χ3n) is 2.91. The molecular formula is C15H13NO5. The van der Waals surface area contributed by atoms with Gasteiger partial charge < -0.3 is 9.84 Å². The first-order valence-corrected chi connectivity index (χ1v) is 6.21. The van der Waals surface area contributed by atoms with Crippen LogP contribution in [0.1, 0.15) is 21.5 Å². The van der Waals surface area contributed by atoms with E-state index in [1.807, 2.05) is 30.3 Å². The summed E-state index contributed by atoms with van der Waals surface area (Å²) in [6, 6.07) is 13.5. The molecule has 0 heterocycles. The lowest BCUT2D eigenvalue weighted by atomic mass is 10.1. The van der Waals surface area contributed by atoms with Crippen LogP contribution >= 0.6 is 0 Å². The van der Waals surface area contributed by atoms with E-state index in [-0.39, 0.29) is 17.7 Å². The molecule has 0 fully saturated rings. The third-order valence-corrected chi connectivity index (χ3v) is 2.91. The maximum absolute atomic E-state index is 11.2. The first-order chi connectivity index (χ1) is 10.1. The molecule has 0 saturated carbocycles. The molecule has 21 heavy (non-hydrogen) atoms. The Balaban J connectivity index is 2.14. The van der Waals surface area contributed by atoms with Crippen LogP contribution in [-0.4, -0.2) is 16.0 Å². The van der Waals surface area contributed by atoms with Crippen LogP contribution in [0.25, 0.3) is 0 Å². The number of carboxylic acid groups (broad SMARTS) is 1. The monoisotopic (exact) mass is 287 g/mol. The van der Waals surface area contributed by atoms with Gasteiger partial charge in [0.1, 0.15) is 5.56 Å². The molecule has 108 valence electrons. The Labute approximate surface area is 120 Å². The molecular weight excluding hydrogens is 274 g/mol. The van der Waals surface area contributed by atoms with Crippen molar-refractivity contribution < 1.29 is 19.6 Å². The number of carbonyl (C=O) groups is 1. The predicted molar refractivity (Wildman–Crippen MR) is 75.0 cm³/mol. The lowest BCUT2D eigenvalue weighted by Gasteiger charge is -2.08. The molecule has 2 aromatic carbocycles. The smallest absolute Gasteiger partial charge is 0.343 e. The van der Waals surface area contributed by atoms with E-state index in [0.717, 1.165) is 5.56 Å². The Morgan fingerprint density at radius 3 is 2.43 bits per heavy atom. The van der Waals surface area contributed by atoms with Crippen LogP contribution in [0.15, 0.2) is 48.5 Å². The quantitative estimate of drug-likeness (QED) is 0.651. The molecule has 0 radical (unpaired) electrons. The van der Waals surface area contributed by atoms with Crippen molar-refractivity contribution in [3.63, 3.8) is 0 Å². The average molecular weight is 287 g/mol. The first-order valence-electron chi connectivity index (χ1n) is 6.21. The Morgan fingerprint density at radius 2 is 1.81 bits per heavy atom. The zero-order chi connectivity index (χ0) is 15.2. The van der Waals surface area contributed by atoms with Gasteiger partial charge >= 0.3 is 5.97 Å². The fraction of sp³-hybridized carbons (Fsp3) is 0.133. The molecule has 6 heteroatoms. The minimum absolute atomic E-state index is 0.00178. The lowest BCUT2D eigenvalue weighted by molar-refractivity contribution is -0.385. The van der Waals surface area contributed by atoms with Crippen molar-refractivity contribution in [1.82, 2.24) is 0 Å². The third kappa shape index (κ3) is 3.64. The van der Waals surface area contributed by atoms with E-state index in [1.54, 1.807) is 0 Å². The number of nitrogens with zero attached hydrogens (tertiary/aromatic N) is 1. The number of carboxylic acids is 1. The highest BCUT2D eigenvalue weighted by molar-refractivity contribution is 5.94. The summed E-state index contributed by atoms with van der Waals surface area (Å²) in [5.41, 5.74) is 0.478. The predicted octanol–water partition coefficient (Wildman–Crippen LogP) is 3.01. The van der Waals surface area contributed by atoms with Crippen LogP contribution in [0.5, 0.6) is 0 Å². The van der Waals surface area contributed by atoms with Gasteiger partial charge in [-0.25, -0.2) is 4.79 Å². The van der Waals surface area contributed by atoms with Crippen molar-refractivity contribution in [3.8, 4) is 0 Å². The largest absolute Gasteiger partial charge is 0.477 e. The van der Waals surface area contributed by atoms with Gasteiger partial charge in [-0.05, 0) is 11.1 Å². The minimum atomic E-state index is -1.33. The van der Waals surface area contributed by atoms with Gasteiger partial charge in [-0.2, -0.15) is 0 Å². The molecule has 0 aliphatic heterocycles. The summed E-state index contributed by atoms with van der Waals surface area (Å²) < 4.78 is 5.45. The van der Waals surface area contributed by atoms with E-state index in [4.69, 9.17) is 9.84 Å². The highest BCUT2D eigenvalue weighted by Crippen LogP contribution is 2.23. The molecule has 1 N–H and O–H groups in total. The molecule has 0 unspecified atom stereocenters. The van der Waals surface area contributed by atoms with Crippen molar-refractivity contribution in [2.75, 3.05) is 0 Å². The average Bonchev–Trinajstić information content (AvgIpc) is 2.47. The summed E-state index contributed by atoms with van der Waals surface area (Å²) in [6.07, 6.45) is 0. The van der Waals surface area contributed by atoms with Gasteiger partial charge in [0.05, 0.1) is 18.1 Å². The van der Waals surface area contributed by atoms with Crippen LogP contribution in [0.4, 0.5) is 5.69 Å². The van der Waals surface area contributed by atoms with Crippen LogP contribution in [0, 0.1) is 10.1 Å². The van der Waals surface area contributed by atoms with E-state index < -0.39 is 16.6 Å². The normalized spacial score (nSPS) is 10.3. The summed E-state index contributed by atoms with van der Waals surface area (Å²) in [5, 5.41) is 20.0. The maximum atomic E-state index is 11.2. The van der Waals surface area contributed by atoms with Gasteiger partial charge in [0, 0.05) is 6.07 Å². The van der Waals surface area contributed by atoms with E-state index in [1.165, 1.54) is 18.2 Å². The molecule has 2 rings (SSSR count). The molecule has 0 atom stereocenters. The molecule has 0 spiro atoms. The molecule has 0 amide bonds. The summed E-state index contributed by atoms with van der Waals surface area (Å²) in [5.74, 6) is -1.33. The molecule has 0 bridgehead atoms. The first kappa shape index (κ1) is 14.7. The van der Waals surface area contributed by atoms with Gasteiger partial charge in [0.25, 0.3) is 5.69 Å². The number of aromatic carboxylic acids is 1. The molecule has 0 saturated heterocycles. The van der Waals surface area contributed by atoms with Crippen LogP contribution in [0.3, 0.4) is 0 Å². The van der Waals surface area contributed by atoms with Crippen LogP contribution < -0.4 is 0 Å². The second kappa shape index (κ2) is 6.62. The number of nitro benzene ring substituents is 1. The number of nitro groups is 1. The van der Waals surface area contributed by atoms with Gasteiger partial charge in [-0.3, -0.25) is 10.1 Å². The second-order valence-electron chi connectivity index (χ2n) is 4.35. The Bertz CT molecular complexity index is 654. The van der Waals surface area contributed by atoms with Crippen molar-refractivity contribution in [3.05, 3.63) is 75.3 Å². The van der Waals surface area contributed by atoms with E-state index in [2.05, 4.69) is 0 Å². The van der Waals surface area contributed by atoms with E-state index in [9.17, 15) is 14.9 Å². The Kier molecular flexibility index (Phi) is 4.63. The van der Waals surface area contributed by atoms with Crippen molar-refractivity contribution >= 4 is 11.7 Å². The summed E-state index contributed by atoms with van der Waals surface area (Å²) in [4.78, 5) is 21.4. The van der Waals surface area contributed by atoms with Crippen molar-refractivity contribution in [2.24, 2.45) is 0 Å². The number of hydrogen-bond acceptors (Lipinski definition) is 4. The summed E-state index contributed by atoms with van der Waals surface area (Å²) >= 11 is 0. The Morgan fingerprint density at radius 1 is 1.10 bits per heavy atom. The molecule has 6 nitrogen and oxygen atoms in total. The number of hydrogen-bond donors (Lipinski definition) is 1. The highest BCUT2D eigenvalue weighted by atomic mass is 16.6. The fourth-order valence-electron chi connectivity index (χ4n) is 1.96. The molecule has 0 aliphatic rings. The number of rotatable bonds is 6. The molecule has 2 aromatic rings. The molecule has 0 aromatic heterocycles. The van der Waals surface area contributed by atoms with Gasteiger partial charge in [0.2, 0.25) is 0 Å². The van der Waals surface area contributed by atoms with Crippen molar-refractivity contribution in [2.45, 2.75) is 13.2 Å². The topological polar surface area (TPSA) is 89.7 Å². The summed E-state index contributed by atoms with van der Waals surface area (Å²) in [6.45, 7) is 0.306. The Hall–Kier alpha value is -2.73. The van der Waals surface area contributed by atoms with Gasteiger partial charge in [-0.1, -0.05) is 42.5 Å². The van der Waals surface area contributed by atoms with Gasteiger partial charge in [-0.15, -0.1) is 0 Å². The minimum Gasteiger partial charge on any atom is -0.477 e. The molecule has 0 aliphatic carbocycles. The lowest BCUT2D eigenvalue weighted by Crippen LogP contribution is -2.08. The highest BCUT2D eigenvalue weighted by Gasteiger charge is 2.23. The second-order valence-corrected chi connectivity index (χ2v) is 4.35. The fourth-order valence-corrected chi connectivity index (χ4v) is 1.96. The SMILES string of the molecule is O=C(O)c1c(COCc2ccccc2)cccc1[N+](=O)[O-]. The zero-order valence-corrected chi connectivity index (χ0v) is 11.1. The van der Waals surface area contributed by atoms with Crippen LogP contribution in [0.2, 0.25) is 0 Å². The number of benzene rings is 2. The summed E-state index contributed by atoms with van der Waals surface area (Å²) in [7, 11) is 0. The van der Waals surface area contributed by atoms with E-state index in [0.29, 0.717) is 6.61 Å². The zero-order valence-electron chi connectivity index (χ0n) is 11.1. The van der Waals surface area contributed by atoms with Gasteiger partial charge in [0.15, 0.2) is 0 Å². The van der Waals surface area contributed by atoms with Crippen molar-refractivity contribution in [1.29, 1.82) is 0 Å². The van der Waals surface area contributed by atoms with E-state index >= 15 is 0 Å². The maximum Gasteiger partial charge on any atom is 0.343 e.